The quantitative estimate of drug-likeness (QED) is 0.625. The third-order valence-corrected chi connectivity index (χ3v) is 7.87. The lowest BCUT2D eigenvalue weighted by Crippen LogP contribution is -2.50. The number of carbonyl (C=O) groups is 2. The number of hydrogen-bond acceptors (Lipinski definition) is 3. The Balaban J connectivity index is 1.25. The van der Waals surface area contributed by atoms with E-state index in [9.17, 15) is 22.8 Å². The molecule has 0 spiro atoms. The molecule has 3 aliphatic rings. The van der Waals surface area contributed by atoms with Crippen LogP contribution in [0.25, 0.3) is 0 Å². The zero-order chi connectivity index (χ0) is 24.7. The highest BCUT2D eigenvalue weighted by molar-refractivity contribution is 5.95. The van der Waals surface area contributed by atoms with Gasteiger partial charge in [0.25, 0.3) is 5.91 Å². The molecule has 0 aromatic heterocycles. The summed E-state index contributed by atoms with van der Waals surface area (Å²) >= 11 is 0. The molecule has 5 rings (SSSR count). The molecule has 3 heterocycles. The first kappa shape index (κ1) is 23.9. The van der Waals surface area contributed by atoms with Crippen molar-refractivity contribution in [1.82, 2.24) is 9.80 Å². The topological polar surface area (TPSA) is 66.6 Å². The average Bonchev–Trinajstić information content (AvgIpc) is 3.35. The van der Waals surface area contributed by atoms with Crippen LogP contribution in [0.5, 0.6) is 0 Å². The number of nitrogens with two attached hydrogens (primary N) is 1. The van der Waals surface area contributed by atoms with Crippen LogP contribution in [0.3, 0.4) is 0 Å². The van der Waals surface area contributed by atoms with Gasteiger partial charge in [-0.1, -0.05) is 12.1 Å². The van der Waals surface area contributed by atoms with Gasteiger partial charge < -0.3 is 15.5 Å². The van der Waals surface area contributed by atoms with Crippen molar-refractivity contribution in [3.63, 3.8) is 0 Å². The monoisotopic (exact) mass is 485 g/mol. The molecule has 3 fully saturated rings. The van der Waals surface area contributed by atoms with Crippen molar-refractivity contribution < 1.29 is 22.8 Å². The van der Waals surface area contributed by atoms with Crippen LogP contribution in [0.15, 0.2) is 36.4 Å². The Bertz CT molecular complexity index is 1130. The van der Waals surface area contributed by atoms with E-state index in [2.05, 4.69) is 0 Å². The molecule has 0 aliphatic carbocycles. The van der Waals surface area contributed by atoms with E-state index in [1.54, 1.807) is 0 Å². The van der Waals surface area contributed by atoms with Crippen molar-refractivity contribution in [2.75, 3.05) is 6.54 Å². The highest BCUT2D eigenvalue weighted by Gasteiger charge is 2.44. The molecule has 186 valence electrons. The van der Waals surface area contributed by atoms with Gasteiger partial charge in [-0.2, -0.15) is 0 Å². The van der Waals surface area contributed by atoms with Crippen LogP contribution < -0.4 is 5.73 Å². The average molecular weight is 486 g/mol. The molecule has 2 aromatic rings. The minimum Gasteiger partial charge on any atom is -0.338 e. The minimum atomic E-state index is -1.21. The maximum Gasteiger partial charge on any atom is 0.254 e. The number of nitrogens with zero attached hydrogens (tertiary/aromatic N) is 2. The third kappa shape index (κ3) is 4.81. The first-order valence-corrected chi connectivity index (χ1v) is 12.4. The second kappa shape index (κ2) is 9.64. The van der Waals surface area contributed by atoms with Crippen LogP contribution in [-0.2, 0) is 17.8 Å². The van der Waals surface area contributed by atoms with Gasteiger partial charge in [0.05, 0.1) is 0 Å². The molecule has 2 aromatic carbocycles. The molecule has 1 unspecified atom stereocenters. The van der Waals surface area contributed by atoms with Gasteiger partial charge in [0.15, 0.2) is 11.6 Å². The zero-order valence-electron chi connectivity index (χ0n) is 19.6. The SMILES string of the molecule is N[C@H](Cc1cc(F)c(F)cc1F)C1C[C@H]2CC[C@@H](C1)N2C(=O)c1cccc(CN2CCCC2=O)c1. The van der Waals surface area contributed by atoms with Gasteiger partial charge in [-0.25, -0.2) is 13.2 Å². The third-order valence-electron chi connectivity index (χ3n) is 7.87. The van der Waals surface area contributed by atoms with Gasteiger partial charge in [0.1, 0.15) is 5.82 Å². The fraction of sp³-hybridized carbons (Fsp3) is 0.481. The molecule has 3 saturated heterocycles. The summed E-state index contributed by atoms with van der Waals surface area (Å²) in [6.07, 6.45) is 4.77. The summed E-state index contributed by atoms with van der Waals surface area (Å²) in [6.45, 7) is 1.27. The number of amides is 2. The Labute approximate surface area is 203 Å². The Hall–Kier alpha value is -2.87. The molecule has 2 amide bonds. The molecule has 4 atom stereocenters. The number of rotatable bonds is 6. The van der Waals surface area contributed by atoms with Crippen molar-refractivity contribution in [1.29, 1.82) is 0 Å². The molecule has 2 N–H and O–H groups in total. The zero-order valence-corrected chi connectivity index (χ0v) is 19.6. The van der Waals surface area contributed by atoms with Crippen molar-refractivity contribution in [3.8, 4) is 0 Å². The van der Waals surface area contributed by atoms with E-state index in [1.807, 2.05) is 34.1 Å². The summed E-state index contributed by atoms with van der Waals surface area (Å²) in [5.41, 5.74) is 8.06. The number of likely N-dealkylation sites (tertiary alicyclic amines) is 1. The minimum absolute atomic E-state index is 0.00855. The van der Waals surface area contributed by atoms with Crippen LogP contribution in [0.4, 0.5) is 13.2 Å². The van der Waals surface area contributed by atoms with E-state index in [4.69, 9.17) is 5.73 Å². The second-order valence-corrected chi connectivity index (χ2v) is 10.2. The summed E-state index contributed by atoms with van der Waals surface area (Å²) in [4.78, 5) is 29.3. The van der Waals surface area contributed by atoms with Crippen molar-refractivity contribution >= 4 is 11.8 Å². The number of piperidine rings is 1. The second-order valence-electron chi connectivity index (χ2n) is 10.2. The van der Waals surface area contributed by atoms with Crippen LogP contribution >= 0.6 is 0 Å². The van der Waals surface area contributed by atoms with E-state index in [-0.39, 0.29) is 41.8 Å². The number of halogens is 3. The van der Waals surface area contributed by atoms with Gasteiger partial charge in [-0.3, -0.25) is 9.59 Å². The Morgan fingerprint density at radius 3 is 2.43 bits per heavy atom. The van der Waals surface area contributed by atoms with Crippen LogP contribution in [0, 0.1) is 23.4 Å². The number of benzene rings is 2. The van der Waals surface area contributed by atoms with Crippen LogP contribution in [0.1, 0.15) is 60.0 Å². The normalized spacial score (nSPS) is 24.8. The summed E-state index contributed by atoms with van der Waals surface area (Å²) in [5, 5.41) is 0. The van der Waals surface area contributed by atoms with E-state index < -0.39 is 23.5 Å². The summed E-state index contributed by atoms with van der Waals surface area (Å²) in [6, 6.07) is 8.67. The molecule has 0 radical (unpaired) electrons. The Kier molecular flexibility index (Phi) is 6.57. The lowest BCUT2D eigenvalue weighted by atomic mass is 9.82. The molecule has 35 heavy (non-hydrogen) atoms. The number of carbonyl (C=O) groups excluding carboxylic acids is 2. The van der Waals surface area contributed by atoms with Crippen molar-refractivity contribution in [3.05, 3.63) is 70.5 Å². The largest absolute Gasteiger partial charge is 0.338 e. The standard InChI is InChI=1S/C27H30F3N3O2/c28-22-14-24(30)23(29)12-18(22)13-25(31)19-10-20-6-7-21(11-19)33(20)27(35)17-4-1-3-16(9-17)15-32-8-2-5-26(32)34/h1,3-4,9,12,14,19-21,25H,2,5-8,10-11,13,15,31H2/t19?,20-,21+,25-/m1/s1. The maximum atomic E-state index is 14.1. The number of hydrogen-bond donors (Lipinski definition) is 1. The fourth-order valence-electron chi connectivity index (χ4n) is 6.08. The van der Waals surface area contributed by atoms with E-state index >= 15 is 0 Å². The summed E-state index contributed by atoms with van der Waals surface area (Å²) in [7, 11) is 0. The first-order chi connectivity index (χ1) is 16.8. The molecular formula is C27H30F3N3O2. The molecule has 2 bridgehead atoms. The summed E-state index contributed by atoms with van der Waals surface area (Å²) in [5.74, 6) is -2.86. The van der Waals surface area contributed by atoms with Crippen LogP contribution in [0.2, 0.25) is 0 Å². The molecule has 3 aliphatic heterocycles. The van der Waals surface area contributed by atoms with E-state index in [1.165, 1.54) is 0 Å². The van der Waals surface area contributed by atoms with Gasteiger partial charge >= 0.3 is 0 Å². The van der Waals surface area contributed by atoms with Crippen molar-refractivity contribution in [2.24, 2.45) is 11.7 Å². The molecule has 5 nitrogen and oxygen atoms in total. The molecule has 8 heteroatoms. The van der Waals surface area contributed by atoms with Gasteiger partial charge in [-0.05, 0) is 73.8 Å². The first-order valence-electron chi connectivity index (χ1n) is 12.4. The molecular weight excluding hydrogens is 455 g/mol. The van der Waals surface area contributed by atoms with Crippen molar-refractivity contribution in [2.45, 2.75) is 69.6 Å². The number of fused-ring (bicyclic) bond motifs is 2. The lowest BCUT2D eigenvalue weighted by molar-refractivity contribution is -0.128. The predicted molar refractivity (Wildman–Crippen MR) is 125 cm³/mol. The van der Waals surface area contributed by atoms with Crippen LogP contribution in [-0.4, -0.2) is 46.3 Å². The lowest BCUT2D eigenvalue weighted by Gasteiger charge is -2.41. The highest BCUT2D eigenvalue weighted by Crippen LogP contribution is 2.41. The fourth-order valence-corrected chi connectivity index (χ4v) is 6.08. The summed E-state index contributed by atoms with van der Waals surface area (Å²) < 4.78 is 41.0. The van der Waals surface area contributed by atoms with E-state index in [0.717, 1.165) is 37.4 Å². The Morgan fingerprint density at radius 2 is 1.74 bits per heavy atom. The van der Waals surface area contributed by atoms with E-state index in [0.29, 0.717) is 37.4 Å². The maximum absolute atomic E-state index is 14.1. The van der Waals surface area contributed by atoms with Gasteiger partial charge in [-0.15, -0.1) is 0 Å². The smallest absolute Gasteiger partial charge is 0.254 e. The van der Waals surface area contributed by atoms with Gasteiger partial charge in [0.2, 0.25) is 5.91 Å². The van der Waals surface area contributed by atoms with Gasteiger partial charge in [0, 0.05) is 49.3 Å². The predicted octanol–water partition coefficient (Wildman–Crippen LogP) is 4.18. The highest BCUT2D eigenvalue weighted by atomic mass is 19.2. The Morgan fingerprint density at radius 1 is 1.03 bits per heavy atom. The molecule has 0 saturated carbocycles.